The Hall–Kier alpha value is -4.16. The molecule has 5 rings (SSSR count). The normalized spacial score (nSPS) is 13.2. The minimum absolute atomic E-state index is 0.0284. The monoisotopic (exact) mass is 479 g/mol. The maximum Gasteiger partial charge on any atom is 0.173 e. The first-order valence-electron chi connectivity index (χ1n) is 12.2. The fourth-order valence-corrected chi connectivity index (χ4v) is 4.72. The van der Waals surface area contributed by atoms with Crippen molar-refractivity contribution in [3.63, 3.8) is 0 Å². The minimum atomic E-state index is -0.0284. The number of hydrogen-bond acceptors (Lipinski definition) is 6. The molecule has 182 valence electrons. The number of anilines is 4. The smallest absolute Gasteiger partial charge is 0.173 e. The predicted octanol–water partition coefficient (Wildman–Crippen LogP) is 6.03. The third-order valence-corrected chi connectivity index (χ3v) is 6.77. The van der Waals surface area contributed by atoms with Crippen molar-refractivity contribution in [1.29, 1.82) is 0 Å². The number of benzene rings is 3. The number of aliphatic hydroxyl groups is 1. The molecule has 0 fully saturated rings. The average Bonchev–Trinajstić information content (AvgIpc) is 3.03. The van der Waals surface area contributed by atoms with Gasteiger partial charge in [0.15, 0.2) is 5.78 Å². The Kier molecular flexibility index (Phi) is 6.69. The highest BCUT2D eigenvalue weighted by Crippen LogP contribution is 2.35. The van der Waals surface area contributed by atoms with Crippen LogP contribution in [0.3, 0.4) is 0 Å². The third-order valence-electron chi connectivity index (χ3n) is 6.77. The molecule has 0 aliphatic carbocycles. The Balaban J connectivity index is 1.37. The summed E-state index contributed by atoms with van der Waals surface area (Å²) in [5.74, 6) is 0.717. The lowest BCUT2D eigenvalue weighted by atomic mass is 9.92. The second kappa shape index (κ2) is 10.2. The fourth-order valence-electron chi connectivity index (χ4n) is 4.72. The van der Waals surface area contributed by atoms with Gasteiger partial charge in [0.1, 0.15) is 11.6 Å². The van der Waals surface area contributed by atoms with E-state index in [1.807, 2.05) is 37.3 Å². The van der Waals surface area contributed by atoms with Gasteiger partial charge in [0.2, 0.25) is 0 Å². The molecule has 1 aliphatic rings. The number of pyridine rings is 1. The van der Waals surface area contributed by atoms with Crippen LogP contribution in [0.25, 0.3) is 0 Å². The van der Waals surface area contributed by atoms with Gasteiger partial charge in [-0.3, -0.25) is 4.79 Å². The standard InChI is InChI=1S/C30H29N3O3/c1-19-7-11-24(35)17-27(19)32-26-13-14-31-30-29(26)28(36)16-23-15-20(9-12-25(23)33-30)8-10-22(18-34)21-5-3-2-4-6-21/h2-7,9,11-15,17,22,34-35H,8,10,16,18H2,1H3,(H2,31,32,33). The van der Waals surface area contributed by atoms with Gasteiger partial charge in [0.25, 0.3) is 0 Å². The molecule has 3 aromatic carbocycles. The van der Waals surface area contributed by atoms with Crippen molar-refractivity contribution >= 4 is 28.7 Å². The molecule has 1 unspecified atom stereocenters. The summed E-state index contributed by atoms with van der Waals surface area (Å²) in [6, 6.07) is 23.1. The van der Waals surface area contributed by atoms with Gasteiger partial charge < -0.3 is 20.8 Å². The Bertz CT molecular complexity index is 1400. The second-order valence-corrected chi connectivity index (χ2v) is 9.25. The number of rotatable bonds is 7. The molecule has 0 spiro atoms. The van der Waals surface area contributed by atoms with Crippen LogP contribution in [0.4, 0.5) is 22.9 Å². The number of hydrogen-bond donors (Lipinski definition) is 4. The summed E-state index contributed by atoms with van der Waals surface area (Å²) >= 11 is 0. The van der Waals surface area contributed by atoms with E-state index in [1.165, 1.54) is 0 Å². The average molecular weight is 480 g/mol. The summed E-state index contributed by atoms with van der Waals surface area (Å²) in [7, 11) is 0. The van der Waals surface area contributed by atoms with Crippen LogP contribution in [0.1, 0.15) is 45.0 Å². The number of carbonyl (C=O) groups is 1. The van der Waals surface area contributed by atoms with Crippen LogP contribution in [0.2, 0.25) is 0 Å². The summed E-state index contributed by atoms with van der Waals surface area (Å²) in [6.45, 7) is 2.04. The quantitative estimate of drug-likeness (QED) is 0.259. The lowest BCUT2D eigenvalue weighted by Gasteiger charge is -2.16. The molecule has 4 N–H and O–H groups in total. The molecule has 6 nitrogen and oxygen atoms in total. The first-order chi connectivity index (χ1) is 17.5. The lowest BCUT2D eigenvalue weighted by Crippen LogP contribution is -2.08. The summed E-state index contributed by atoms with van der Waals surface area (Å²) in [5, 5.41) is 26.5. The number of phenols is 1. The van der Waals surface area contributed by atoms with E-state index in [1.54, 1.807) is 24.4 Å². The van der Waals surface area contributed by atoms with Crippen molar-refractivity contribution in [3.05, 3.63) is 107 Å². The van der Waals surface area contributed by atoms with Gasteiger partial charge in [-0.2, -0.15) is 0 Å². The molecule has 0 bridgehead atoms. The number of aliphatic hydroxyl groups excluding tert-OH is 1. The molecule has 1 aromatic heterocycles. The highest BCUT2D eigenvalue weighted by Gasteiger charge is 2.24. The van der Waals surface area contributed by atoms with E-state index in [-0.39, 0.29) is 30.5 Å². The Morgan fingerprint density at radius 3 is 2.67 bits per heavy atom. The number of aromatic hydroxyl groups is 1. The van der Waals surface area contributed by atoms with Crippen LogP contribution in [-0.2, 0) is 12.8 Å². The molecule has 0 saturated heterocycles. The van der Waals surface area contributed by atoms with Gasteiger partial charge in [-0.15, -0.1) is 0 Å². The van der Waals surface area contributed by atoms with Crippen molar-refractivity contribution in [2.75, 3.05) is 17.2 Å². The predicted molar refractivity (Wildman–Crippen MR) is 143 cm³/mol. The molecule has 0 radical (unpaired) electrons. The van der Waals surface area contributed by atoms with Gasteiger partial charge in [0.05, 0.1) is 11.3 Å². The number of nitrogens with one attached hydrogen (secondary N) is 2. The topological polar surface area (TPSA) is 94.5 Å². The molecule has 36 heavy (non-hydrogen) atoms. The number of fused-ring (bicyclic) bond motifs is 2. The Morgan fingerprint density at radius 1 is 1.03 bits per heavy atom. The molecule has 4 aromatic rings. The number of Topliss-reactive ketones (excluding diaryl/α,β-unsaturated/α-hetero) is 1. The fraction of sp³-hybridized carbons (Fsp3) is 0.200. The molecule has 6 heteroatoms. The number of aryl methyl sites for hydroxylation is 2. The number of nitrogens with zero attached hydrogens (tertiary/aromatic N) is 1. The molecule has 2 heterocycles. The van der Waals surface area contributed by atoms with E-state index in [9.17, 15) is 15.0 Å². The van der Waals surface area contributed by atoms with Crippen molar-refractivity contribution in [2.45, 2.75) is 32.1 Å². The van der Waals surface area contributed by atoms with Crippen LogP contribution in [0.15, 0.2) is 79.0 Å². The highest BCUT2D eigenvalue weighted by molar-refractivity contribution is 6.09. The van der Waals surface area contributed by atoms with E-state index < -0.39 is 0 Å². The van der Waals surface area contributed by atoms with Crippen LogP contribution in [0.5, 0.6) is 5.75 Å². The number of aromatic nitrogens is 1. The minimum Gasteiger partial charge on any atom is -0.508 e. The molecule has 1 atom stereocenters. The van der Waals surface area contributed by atoms with E-state index in [0.717, 1.165) is 46.5 Å². The molecule has 0 amide bonds. The van der Waals surface area contributed by atoms with E-state index >= 15 is 0 Å². The van der Waals surface area contributed by atoms with E-state index in [0.29, 0.717) is 17.1 Å². The third kappa shape index (κ3) is 4.95. The zero-order valence-corrected chi connectivity index (χ0v) is 20.2. The number of carbonyl (C=O) groups excluding carboxylic acids is 1. The SMILES string of the molecule is Cc1ccc(O)cc1Nc1ccnc2c1C(=O)Cc1cc(CCC(CO)c3ccccc3)ccc1N2. The van der Waals surface area contributed by atoms with Gasteiger partial charge in [-0.05, 0) is 60.2 Å². The van der Waals surface area contributed by atoms with E-state index in [4.69, 9.17) is 0 Å². The number of phenolic OH excluding ortho intramolecular Hbond substituents is 1. The van der Waals surface area contributed by atoms with Crippen molar-refractivity contribution < 1.29 is 15.0 Å². The zero-order valence-electron chi connectivity index (χ0n) is 20.2. The summed E-state index contributed by atoms with van der Waals surface area (Å²) < 4.78 is 0. The Morgan fingerprint density at radius 2 is 1.86 bits per heavy atom. The summed E-state index contributed by atoms with van der Waals surface area (Å²) in [6.07, 6.45) is 3.54. The largest absolute Gasteiger partial charge is 0.508 e. The Labute approximate surface area is 210 Å². The van der Waals surface area contributed by atoms with Crippen molar-refractivity contribution in [2.24, 2.45) is 0 Å². The maximum absolute atomic E-state index is 13.4. The van der Waals surface area contributed by atoms with Crippen LogP contribution < -0.4 is 10.6 Å². The molecule has 1 aliphatic heterocycles. The van der Waals surface area contributed by atoms with Gasteiger partial charge in [0, 0.05) is 42.6 Å². The maximum atomic E-state index is 13.4. The van der Waals surface area contributed by atoms with Crippen LogP contribution in [-0.4, -0.2) is 27.6 Å². The first kappa shape index (κ1) is 23.6. The molecule has 0 saturated carbocycles. The van der Waals surface area contributed by atoms with E-state index in [2.05, 4.69) is 39.9 Å². The van der Waals surface area contributed by atoms with Gasteiger partial charge in [-0.1, -0.05) is 48.5 Å². The van der Waals surface area contributed by atoms with Crippen LogP contribution >= 0.6 is 0 Å². The first-order valence-corrected chi connectivity index (χ1v) is 12.2. The summed E-state index contributed by atoms with van der Waals surface area (Å²) in [4.78, 5) is 17.9. The second-order valence-electron chi connectivity index (χ2n) is 9.25. The molecular weight excluding hydrogens is 450 g/mol. The highest BCUT2D eigenvalue weighted by atomic mass is 16.3. The zero-order chi connectivity index (χ0) is 25.1. The van der Waals surface area contributed by atoms with Crippen molar-refractivity contribution in [1.82, 2.24) is 4.98 Å². The van der Waals surface area contributed by atoms with Crippen molar-refractivity contribution in [3.8, 4) is 5.75 Å². The van der Waals surface area contributed by atoms with Gasteiger partial charge in [-0.25, -0.2) is 4.98 Å². The van der Waals surface area contributed by atoms with Gasteiger partial charge >= 0.3 is 0 Å². The van der Waals surface area contributed by atoms with Crippen LogP contribution in [0, 0.1) is 6.92 Å². The molecular formula is C30H29N3O3. The number of ketones is 1. The lowest BCUT2D eigenvalue weighted by molar-refractivity contribution is 0.0995. The summed E-state index contributed by atoms with van der Waals surface area (Å²) in [5.41, 5.74) is 6.89.